The fraction of sp³-hybridized carbons (Fsp3) is 0.524. The van der Waals surface area contributed by atoms with Crippen molar-refractivity contribution in [1.82, 2.24) is 20.9 Å². The molecule has 0 spiro atoms. The molecule has 1 aromatic heterocycles. The first-order chi connectivity index (χ1) is 13.3. The fourth-order valence-electron chi connectivity index (χ4n) is 2.98. The lowest BCUT2D eigenvalue weighted by atomic mass is 10.1. The second-order valence-electron chi connectivity index (χ2n) is 7.77. The molecule has 1 amide bonds. The molecule has 2 aromatic rings. The summed E-state index contributed by atoms with van der Waals surface area (Å²) in [6.07, 6.45) is 3.38. The Morgan fingerprint density at radius 2 is 1.83 bits per heavy atom. The quantitative estimate of drug-likeness (QED) is 0.196. The van der Waals surface area contributed by atoms with Crippen molar-refractivity contribution in [2.45, 2.75) is 46.1 Å². The Hall–Kier alpha value is -1.97. The van der Waals surface area contributed by atoms with Gasteiger partial charge in [0.2, 0.25) is 0 Å². The van der Waals surface area contributed by atoms with E-state index in [2.05, 4.69) is 57.2 Å². The second kappa shape index (κ2) is 11.9. The maximum Gasteiger partial charge on any atom is 0.407 e. The number of rotatable bonds is 7. The number of nitrogens with one attached hydrogen (secondary N) is 4. The molecule has 162 valence electrons. The second-order valence-corrected chi connectivity index (χ2v) is 7.77. The van der Waals surface area contributed by atoms with Crippen molar-refractivity contribution in [3.05, 3.63) is 35.5 Å². The van der Waals surface area contributed by atoms with Crippen LogP contribution < -0.4 is 16.0 Å². The van der Waals surface area contributed by atoms with Crippen LogP contribution in [0, 0.1) is 6.92 Å². The number of amides is 1. The lowest BCUT2D eigenvalue weighted by Gasteiger charge is -2.19. The van der Waals surface area contributed by atoms with Crippen LogP contribution in [0.1, 0.15) is 38.3 Å². The zero-order chi connectivity index (χ0) is 20.6. The predicted molar refractivity (Wildman–Crippen MR) is 130 cm³/mol. The third-order valence-electron chi connectivity index (χ3n) is 4.22. The largest absolute Gasteiger partial charge is 0.444 e. The van der Waals surface area contributed by atoms with Gasteiger partial charge in [-0.3, -0.25) is 4.99 Å². The van der Waals surface area contributed by atoms with E-state index in [1.54, 1.807) is 7.05 Å². The summed E-state index contributed by atoms with van der Waals surface area (Å²) in [7, 11) is 1.75. The molecule has 0 saturated carbocycles. The molecule has 8 heteroatoms. The van der Waals surface area contributed by atoms with Crippen LogP contribution in [0.4, 0.5) is 4.79 Å². The number of fused-ring (bicyclic) bond motifs is 1. The zero-order valence-electron chi connectivity index (χ0n) is 18.0. The average molecular weight is 515 g/mol. The first kappa shape index (κ1) is 25.1. The molecular formula is C21H34IN5O2. The Balaban J connectivity index is 0.00000420. The molecule has 1 heterocycles. The molecule has 29 heavy (non-hydrogen) atoms. The normalized spacial score (nSPS) is 11.7. The Labute approximate surface area is 190 Å². The van der Waals surface area contributed by atoms with Gasteiger partial charge in [-0.25, -0.2) is 4.79 Å². The van der Waals surface area contributed by atoms with E-state index in [1.165, 1.54) is 22.0 Å². The minimum atomic E-state index is -0.475. The number of guanidine groups is 1. The number of alkyl carbamates (subject to hydrolysis) is 1. The summed E-state index contributed by atoms with van der Waals surface area (Å²) in [5.41, 5.74) is 3.29. The Morgan fingerprint density at radius 3 is 2.52 bits per heavy atom. The molecule has 0 aliphatic heterocycles. The number of aliphatic imine (C=N–C) groups is 1. The number of H-pyrrole nitrogens is 1. The molecule has 2 rings (SSSR count). The summed E-state index contributed by atoms with van der Waals surface area (Å²) in [4.78, 5) is 19.2. The first-order valence-corrected chi connectivity index (χ1v) is 9.77. The maximum absolute atomic E-state index is 11.6. The number of carbonyl (C=O) groups excluding carboxylic acids is 1. The van der Waals surface area contributed by atoms with Gasteiger partial charge in [0, 0.05) is 43.8 Å². The highest BCUT2D eigenvalue weighted by atomic mass is 127. The van der Waals surface area contributed by atoms with Crippen LogP contribution in [-0.4, -0.2) is 49.3 Å². The van der Waals surface area contributed by atoms with Gasteiger partial charge in [-0.05, 0) is 57.7 Å². The van der Waals surface area contributed by atoms with Crippen molar-refractivity contribution >= 4 is 46.9 Å². The van der Waals surface area contributed by atoms with Gasteiger partial charge in [0.1, 0.15) is 5.60 Å². The van der Waals surface area contributed by atoms with Gasteiger partial charge in [0.25, 0.3) is 0 Å². The van der Waals surface area contributed by atoms with E-state index in [-0.39, 0.29) is 30.1 Å². The lowest BCUT2D eigenvalue weighted by molar-refractivity contribution is 0.0527. The summed E-state index contributed by atoms with van der Waals surface area (Å²) >= 11 is 0. The van der Waals surface area contributed by atoms with Gasteiger partial charge in [-0.2, -0.15) is 0 Å². The van der Waals surface area contributed by atoms with Gasteiger partial charge in [0.15, 0.2) is 5.96 Å². The number of nitrogens with zero attached hydrogens (tertiary/aromatic N) is 1. The average Bonchev–Trinajstić information content (AvgIpc) is 3.03. The third-order valence-corrected chi connectivity index (χ3v) is 4.22. The molecule has 7 nitrogen and oxygen atoms in total. The Kier molecular flexibility index (Phi) is 10.3. The van der Waals surface area contributed by atoms with Crippen LogP contribution in [0.15, 0.2) is 29.4 Å². The summed E-state index contributed by atoms with van der Waals surface area (Å²) in [6.45, 7) is 9.73. The zero-order valence-corrected chi connectivity index (χ0v) is 20.3. The topological polar surface area (TPSA) is 90.5 Å². The number of halogens is 1. The number of aromatic amines is 1. The van der Waals surface area contributed by atoms with Crippen LogP contribution >= 0.6 is 24.0 Å². The molecule has 0 radical (unpaired) electrons. The highest BCUT2D eigenvalue weighted by Gasteiger charge is 2.15. The van der Waals surface area contributed by atoms with Crippen LogP contribution in [0.3, 0.4) is 0 Å². The van der Waals surface area contributed by atoms with Crippen molar-refractivity contribution in [2.24, 2.45) is 4.99 Å². The third kappa shape index (κ3) is 8.51. The number of ether oxygens (including phenoxy) is 1. The van der Waals surface area contributed by atoms with Crippen LogP contribution in [0.5, 0.6) is 0 Å². The van der Waals surface area contributed by atoms with E-state index in [4.69, 9.17) is 4.74 Å². The van der Waals surface area contributed by atoms with Gasteiger partial charge in [-0.1, -0.05) is 12.1 Å². The maximum atomic E-state index is 11.6. The molecular weight excluding hydrogens is 481 g/mol. The van der Waals surface area contributed by atoms with Crippen molar-refractivity contribution in [3.8, 4) is 0 Å². The molecule has 0 atom stereocenters. The molecule has 0 saturated heterocycles. The minimum absolute atomic E-state index is 0. The highest BCUT2D eigenvalue weighted by molar-refractivity contribution is 14.0. The predicted octanol–water partition coefficient (Wildman–Crippen LogP) is 3.72. The van der Waals surface area contributed by atoms with Gasteiger partial charge in [-0.15, -0.1) is 24.0 Å². The number of carbonyl (C=O) groups is 1. The van der Waals surface area contributed by atoms with E-state index in [0.29, 0.717) is 13.1 Å². The number of hydrogen-bond donors (Lipinski definition) is 4. The summed E-state index contributed by atoms with van der Waals surface area (Å²) in [5.74, 6) is 0.758. The van der Waals surface area contributed by atoms with Gasteiger partial charge >= 0.3 is 6.09 Å². The van der Waals surface area contributed by atoms with Crippen LogP contribution in [-0.2, 0) is 11.2 Å². The van der Waals surface area contributed by atoms with E-state index in [1.807, 2.05) is 20.8 Å². The number of benzene rings is 1. The van der Waals surface area contributed by atoms with E-state index < -0.39 is 5.60 Å². The van der Waals surface area contributed by atoms with Gasteiger partial charge in [0.05, 0.1) is 0 Å². The van der Waals surface area contributed by atoms with Crippen molar-refractivity contribution in [3.63, 3.8) is 0 Å². The molecule has 4 N–H and O–H groups in total. The number of aryl methyl sites for hydroxylation is 1. The van der Waals surface area contributed by atoms with Crippen LogP contribution in [0.2, 0.25) is 0 Å². The lowest BCUT2D eigenvalue weighted by Crippen LogP contribution is -2.40. The van der Waals surface area contributed by atoms with E-state index >= 15 is 0 Å². The fourth-order valence-corrected chi connectivity index (χ4v) is 2.98. The van der Waals surface area contributed by atoms with E-state index in [0.717, 1.165) is 25.3 Å². The van der Waals surface area contributed by atoms with E-state index in [9.17, 15) is 4.79 Å². The summed E-state index contributed by atoms with van der Waals surface area (Å²) in [6, 6.07) is 6.31. The van der Waals surface area contributed by atoms with Crippen LogP contribution in [0.25, 0.3) is 10.9 Å². The first-order valence-electron chi connectivity index (χ1n) is 9.77. The Bertz CT molecular complexity index is 811. The number of hydrogen-bond acceptors (Lipinski definition) is 3. The van der Waals surface area contributed by atoms with Crippen molar-refractivity contribution < 1.29 is 9.53 Å². The molecule has 1 aromatic carbocycles. The minimum Gasteiger partial charge on any atom is -0.444 e. The molecule has 0 bridgehead atoms. The van der Waals surface area contributed by atoms with Gasteiger partial charge < -0.3 is 25.7 Å². The highest BCUT2D eigenvalue weighted by Crippen LogP contribution is 2.22. The monoisotopic (exact) mass is 515 g/mol. The van der Waals surface area contributed by atoms with Crippen molar-refractivity contribution in [2.75, 3.05) is 26.7 Å². The summed E-state index contributed by atoms with van der Waals surface area (Å²) in [5, 5.41) is 10.7. The summed E-state index contributed by atoms with van der Waals surface area (Å²) < 4.78 is 5.20. The molecule has 0 fully saturated rings. The van der Waals surface area contributed by atoms with Crippen molar-refractivity contribution in [1.29, 1.82) is 0 Å². The smallest absolute Gasteiger partial charge is 0.407 e. The molecule has 0 aliphatic carbocycles. The number of aromatic nitrogens is 1. The SMILES string of the molecule is CN=C(NCCCNC(=O)OC(C)(C)C)NCCc1c[nH]c2cccc(C)c12.I. The molecule has 0 unspecified atom stereocenters. The Morgan fingerprint density at radius 1 is 1.14 bits per heavy atom. The molecule has 0 aliphatic rings. The standard InChI is InChI=1S/C21H33N5O2.HI/c1-15-8-6-9-17-18(15)16(14-26-17)10-13-24-19(22-5)23-11-7-12-25-20(27)28-21(2,3)4;/h6,8-9,14,26H,7,10-13H2,1-5H3,(H,25,27)(H2,22,23,24);1H.